The summed E-state index contributed by atoms with van der Waals surface area (Å²) in [6, 6.07) is 3.45. The number of allylic oxidation sites excluding steroid dienone is 1. The molecule has 6 nitrogen and oxygen atoms in total. The highest BCUT2D eigenvalue weighted by atomic mass is 32.2. The van der Waals surface area contributed by atoms with Gasteiger partial charge in [0.25, 0.3) is 0 Å². The summed E-state index contributed by atoms with van der Waals surface area (Å²) >= 11 is 2.97. The summed E-state index contributed by atoms with van der Waals surface area (Å²) < 4.78 is 0. The fourth-order valence-electron chi connectivity index (χ4n) is 3.80. The molecule has 1 saturated carbocycles. The molecule has 0 bridgehead atoms. The number of hydrogen-bond acceptors (Lipinski definition) is 5. The van der Waals surface area contributed by atoms with Gasteiger partial charge in [-0.1, -0.05) is 18.9 Å². The number of thiophene rings is 1. The van der Waals surface area contributed by atoms with Crippen molar-refractivity contribution in [1.29, 1.82) is 0 Å². The minimum absolute atomic E-state index is 0.00421. The van der Waals surface area contributed by atoms with Gasteiger partial charge in [-0.25, -0.2) is 4.79 Å². The Labute approximate surface area is 159 Å². The van der Waals surface area contributed by atoms with E-state index in [0.717, 1.165) is 35.5 Å². The van der Waals surface area contributed by atoms with Gasteiger partial charge in [-0.15, -0.1) is 23.1 Å². The van der Waals surface area contributed by atoms with E-state index < -0.39 is 16.7 Å². The van der Waals surface area contributed by atoms with Gasteiger partial charge in [0, 0.05) is 18.0 Å². The lowest BCUT2D eigenvalue weighted by Crippen LogP contribution is -2.51. The smallest absolute Gasteiger partial charge is 0.350 e. The Morgan fingerprint density at radius 1 is 1.35 bits per heavy atom. The van der Waals surface area contributed by atoms with Crippen LogP contribution >= 0.6 is 23.1 Å². The molecule has 136 valence electrons. The van der Waals surface area contributed by atoms with Gasteiger partial charge in [0.15, 0.2) is 0 Å². The average Bonchev–Trinajstić information content (AvgIpc) is 3.38. The van der Waals surface area contributed by atoms with E-state index in [1.807, 2.05) is 17.5 Å². The summed E-state index contributed by atoms with van der Waals surface area (Å²) in [5.41, 5.74) is 0.0635. The van der Waals surface area contributed by atoms with Crippen molar-refractivity contribution in [3.63, 3.8) is 0 Å². The number of nitrogens with one attached hydrogen (secondary N) is 1. The second-order valence-corrected chi connectivity index (χ2v) is 8.61. The summed E-state index contributed by atoms with van der Waals surface area (Å²) in [5, 5.41) is 6.31. The zero-order chi connectivity index (χ0) is 18.1. The molecule has 1 aromatic rings. The van der Waals surface area contributed by atoms with Crippen LogP contribution in [0.3, 0.4) is 0 Å². The third kappa shape index (κ3) is 2.91. The molecule has 1 unspecified atom stereocenters. The maximum atomic E-state index is 12.9. The number of hydrogen-bond donors (Lipinski definition) is 1. The summed E-state index contributed by atoms with van der Waals surface area (Å²) in [6.07, 6.45) is 5.47. The largest absolute Gasteiger partial charge is 0.354 e. The van der Waals surface area contributed by atoms with Crippen molar-refractivity contribution in [1.82, 2.24) is 10.2 Å². The maximum absolute atomic E-state index is 12.9. The van der Waals surface area contributed by atoms with Crippen LogP contribution in [-0.2, 0) is 15.0 Å². The molecule has 1 atom stereocenters. The Hall–Kier alpha value is -1.93. The van der Waals surface area contributed by atoms with Crippen LogP contribution in [0.2, 0.25) is 0 Å². The number of aliphatic imine (C=N–C) groups is 1. The zero-order valence-corrected chi connectivity index (χ0v) is 15.8. The number of amides is 4. The van der Waals surface area contributed by atoms with Crippen LogP contribution in [0, 0.1) is 0 Å². The molecular weight excluding hydrogens is 370 g/mol. The Bertz CT molecular complexity index is 795. The van der Waals surface area contributed by atoms with Crippen molar-refractivity contribution < 1.29 is 14.4 Å². The summed E-state index contributed by atoms with van der Waals surface area (Å²) in [4.78, 5) is 43.7. The van der Waals surface area contributed by atoms with Crippen molar-refractivity contribution >= 4 is 46.7 Å². The summed E-state index contributed by atoms with van der Waals surface area (Å²) in [5.74, 6) is -0.256. The minimum atomic E-state index is -0.545. The van der Waals surface area contributed by atoms with Crippen LogP contribution in [0.5, 0.6) is 0 Å². The first-order chi connectivity index (χ1) is 12.6. The molecule has 0 aromatic carbocycles. The summed E-state index contributed by atoms with van der Waals surface area (Å²) in [7, 11) is 0. The molecule has 3 heterocycles. The van der Waals surface area contributed by atoms with Crippen molar-refractivity contribution in [3.8, 4) is 0 Å². The number of fused-ring (bicyclic) bond motifs is 1. The normalized spacial score (nSPS) is 23.9. The monoisotopic (exact) mass is 389 g/mol. The highest BCUT2D eigenvalue weighted by Gasteiger charge is 2.43. The van der Waals surface area contributed by atoms with Crippen molar-refractivity contribution in [2.75, 3.05) is 13.1 Å². The fourth-order valence-corrected chi connectivity index (χ4v) is 5.68. The van der Waals surface area contributed by atoms with E-state index in [1.54, 1.807) is 22.8 Å². The average molecular weight is 390 g/mol. The topological polar surface area (TPSA) is 78.8 Å². The van der Waals surface area contributed by atoms with Gasteiger partial charge >= 0.3 is 6.03 Å². The predicted molar refractivity (Wildman–Crippen MR) is 103 cm³/mol. The molecule has 4 amide bonds. The quantitative estimate of drug-likeness (QED) is 0.840. The van der Waals surface area contributed by atoms with Crippen molar-refractivity contribution in [3.05, 3.63) is 33.9 Å². The molecule has 1 N–H and O–H groups in total. The Kier molecular flexibility index (Phi) is 4.71. The standard InChI is InChI=1S/C18H19N3O3S2/c22-15-14-12(5-11-26-14)20-17(24)21(15)9-8-19-16(23)18(6-1-2-7-18)13-4-3-10-25-13/h3-5,10-11,14H,1-2,6-9H2,(H,19,23). The fraction of sp³-hybridized carbons (Fsp3) is 0.444. The molecule has 1 fully saturated rings. The minimum Gasteiger partial charge on any atom is -0.354 e. The van der Waals surface area contributed by atoms with Gasteiger partial charge < -0.3 is 5.32 Å². The van der Waals surface area contributed by atoms with E-state index in [1.165, 1.54) is 11.8 Å². The van der Waals surface area contributed by atoms with Gasteiger partial charge in [-0.3, -0.25) is 14.5 Å². The molecule has 0 spiro atoms. The molecular formula is C18H19N3O3S2. The van der Waals surface area contributed by atoms with Gasteiger partial charge in [-0.2, -0.15) is 4.99 Å². The highest BCUT2D eigenvalue weighted by Crippen LogP contribution is 2.43. The Balaban J connectivity index is 1.39. The number of thioether (sulfide) groups is 1. The number of urea groups is 1. The Morgan fingerprint density at radius 3 is 2.88 bits per heavy atom. The predicted octanol–water partition coefficient (Wildman–Crippen LogP) is 2.71. The van der Waals surface area contributed by atoms with E-state index in [4.69, 9.17) is 0 Å². The SMILES string of the molecule is O=C1N=C2C=CSC2C(=O)N1CCNC(=O)C1(c2cccs2)CCCC1. The van der Waals surface area contributed by atoms with Crippen LogP contribution in [0.15, 0.2) is 34.0 Å². The molecule has 26 heavy (non-hydrogen) atoms. The van der Waals surface area contributed by atoms with Gasteiger partial charge in [0.1, 0.15) is 5.25 Å². The molecule has 4 rings (SSSR count). The summed E-state index contributed by atoms with van der Waals surface area (Å²) in [6.45, 7) is 0.400. The van der Waals surface area contributed by atoms with E-state index >= 15 is 0 Å². The highest BCUT2D eigenvalue weighted by molar-refractivity contribution is 8.04. The van der Waals surface area contributed by atoms with E-state index in [0.29, 0.717) is 5.71 Å². The van der Waals surface area contributed by atoms with E-state index in [2.05, 4.69) is 10.3 Å². The van der Waals surface area contributed by atoms with Gasteiger partial charge in [0.05, 0.1) is 11.1 Å². The number of imide groups is 1. The number of nitrogens with zero attached hydrogens (tertiary/aromatic N) is 2. The van der Waals surface area contributed by atoms with E-state index in [9.17, 15) is 14.4 Å². The third-order valence-corrected chi connectivity index (χ3v) is 7.26. The van der Waals surface area contributed by atoms with E-state index in [-0.39, 0.29) is 24.9 Å². The lowest BCUT2D eigenvalue weighted by Gasteiger charge is -2.29. The lowest BCUT2D eigenvalue weighted by atomic mass is 9.83. The molecule has 1 aliphatic carbocycles. The van der Waals surface area contributed by atoms with Gasteiger partial charge in [0.2, 0.25) is 11.8 Å². The first kappa shape index (κ1) is 17.5. The van der Waals surface area contributed by atoms with Crippen LogP contribution in [0.1, 0.15) is 30.6 Å². The molecule has 1 aromatic heterocycles. The number of carbonyl (C=O) groups excluding carboxylic acids is 3. The third-order valence-electron chi connectivity index (χ3n) is 5.17. The number of carbonyl (C=O) groups is 3. The first-order valence-corrected chi connectivity index (χ1v) is 10.5. The molecule has 2 aliphatic heterocycles. The second-order valence-electron chi connectivity index (χ2n) is 6.65. The zero-order valence-electron chi connectivity index (χ0n) is 14.1. The second kappa shape index (κ2) is 7.00. The number of rotatable bonds is 5. The van der Waals surface area contributed by atoms with Crippen molar-refractivity contribution in [2.24, 2.45) is 4.99 Å². The van der Waals surface area contributed by atoms with Crippen molar-refractivity contribution in [2.45, 2.75) is 36.3 Å². The Morgan fingerprint density at radius 2 is 2.15 bits per heavy atom. The first-order valence-electron chi connectivity index (χ1n) is 8.70. The lowest BCUT2D eigenvalue weighted by molar-refractivity contribution is -0.129. The van der Waals surface area contributed by atoms with Gasteiger partial charge in [-0.05, 0) is 35.8 Å². The van der Waals surface area contributed by atoms with Crippen LogP contribution in [-0.4, -0.2) is 46.8 Å². The van der Waals surface area contributed by atoms with Crippen LogP contribution in [0.25, 0.3) is 0 Å². The molecule has 3 aliphatic rings. The molecule has 8 heteroatoms. The maximum Gasteiger partial charge on any atom is 0.350 e. The van der Waals surface area contributed by atoms with Crippen LogP contribution < -0.4 is 5.32 Å². The molecule has 0 radical (unpaired) electrons. The van der Waals surface area contributed by atoms with Crippen LogP contribution in [0.4, 0.5) is 4.79 Å². The molecule has 0 saturated heterocycles.